The number of nitrogens with one attached hydrogen (secondary N) is 1. The standard InChI is InChI=1S/C16H16N4O/c1-21-16-7-6-15(18-19-16)20-9-8-12-11-4-2-3-5-13(11)17-14(12)10-20/h2-7,17H,8-10H2,1H3. The van der Waals surface area contributed by atoms with E-state index in [1.807, 2.05) is 12.1 Å². The Hall–Kier alpha value is -2.56. The number of rotatable bonds is 2. The first kappa shape index (κ1) is 12.2. The molecule has 0 unspecified atom stereocenters. The van der Waals surface area contributed by atoms with Crippen molar-refractivity contribution in [2.45, 2.75) is 13.0 Å². The molecule has 3 aromatic rings. The maximum atomic E-state index is 5.05. The number of benzene rings is 1. The molecule has 1 N–H and O–H groups in total. The third kappa shape index (κ3) is 2.01. The molecule has 106 valence electrons. The van der Waals surface area contributed by atoms with Crippen molar-refractivity contribution in [3.63, 3.8) is 0 Å². The molecule has 0 saturated carbocycles. The number of methoxy groups -OCH3 is 1. The Bertz CT molecular complexity index is 779. The fraction of sp³-hybridized carbons (Fsp3) is 0.250. The number of para-hydroxylation sites is 1. The summed E-state index contributed by atoms with van der Waals surface area (Å²) < 4.78 is 5.05. The van der Waals surface area contributed by atoms with Gasteiger partial charge in [-0.05, 0) is 24.1 Å². The molecule has 0 radical (unpaired) electrons. The molecular formula is C16H16N4O. The van der Waals surface area contributed by atoms with E-state index in [9.17, 15) is 0 Å². The summed E-state index contributed by atoms with van der Waals surface area (Å²) in [6, 6.07) is 12.3. The molecule has 21 heavy (non-hydrogen) atoms. The van der Waals surface area contributed by atoms with Crippen molar-refractivity contribution in [1.29, 1.82) is 0 Å². The summed E-state index contributed by atoms with van der Waals surface area (Å²) in [5.41, 5.74) is 3.92. The number of hydrogen-bond acceptors (Lipinski definition) is 4. The second kappa shape index (κ2) is 4.77. The number of anilines is 1. The van der Waals surface area contributed by atoms with E-state index in [1.54, 1.807) is 7.11 Å². The highest BCUT2D eigenvalue weighted by molar-refractivity contribution is 5.85. The van der Waals surface area contributed by atoms with Gasteiger partial charge in [0.2, 0.25) is 5.88 Å². The average Bonchev–Trinajstić information content (AvgIpc) is 2.92. The molecule has 0 bridgehead atoms. The Kier molecular flexibility index (Phi) is 2.77. The van der Waals surface area contributed by atoms with Crippen LogP contribution in [0.4, 0.5) is 5.82 Å². The molecule has 0 aliphatic carbocycles. The molecule has 4 rings (SSSR count). The molecule has 0 saturated heterocycles. The van der Waals surface area contributed by atoms with Crippen molar-refractivity contribution in [3.05, 3.63) is 47.7 Å². The zero-order valence-corrected chi connectivity index (χ0v) is 11.8. The Labute approximate surface area is 122 Å². The predicted molar refractivity (Wildman–Crippen MR) is 81.6 cm³/mol. The molecule has 0 amide bonds. The molecule has 5 nitrogen and oxygen atoms in total. The Morgan fingerprint density at radius 2 is 2.05 bits per heavy atom. The Morgan fingerprint density at radius 1 is 1.14 bits per heavy atom. The van der Waals surface area contributed by atoms with Crippen LogP contribution in [0.3, 0.4) is 0 Å². The van der Waals surface area contributed by atoms with E-state index in [2.05, 4.69) is 44.3 Å². The van der Waals surface area contributed by atoms with Crippen LogP contribution in [0, 0.1) is 0 Å². The summed E-state index contributed by atoms with van der Waals surface area (Å²) in [6.45, 7) is 1.79. The van der Waals surface area contributed by atoms with Gasteiger partial charge in [0.05, 0.1) is 13.7 Å². The highest BCUT2D eigenvalue weighted by Crippen LogP contribution is 2.29. The minimum atomic E-state index is 0.544. The summed E-state index contributed by atoms with van der Waals surface area (Å²) in [6.07, 6.45) is 1.02. The minimum Gasteiger partial charge on any atom is -0.480 e. The van der Waals surface area contributed by atoms with E-state index in [1.165, 1.54) is 22.2 Å². The number of aromatic nitrogens is 3. The molecular weight excluding hydrogens is 264 g/mol. The van der Waals surface area contributed by atoms with Crippen LogP contribution in [0.1, 0.15) is 11.3 Å². The zero-order chi connectivity index (χ0) is 14.2. The molecule has 3 heterocycles. The number of H-pyrrole nitrogens is 1. The molecule has 0 atom stereocenters. The smallest absolute Gasteiger partial charge is 0.233 e. The van der Waals surface area contributed by atoms with E-state index in [0.717, 1.165) is 25.3 Å². The van der Waals surface area contributed by atoms with Crippen LogP contribution < -0.4 is 9.64 Å². The topological polar surface area (TPSA) is 54.0 Å². The highest BCUT2D eigenvalue weighted by atomic mass is 16.5. The number of hydrogen-bond donors (Lipinski definition) is 1. The molecule has 1 aliphatic rings. The van der Waals surface area contributed by atoms with Gasteiger partial charge in [-0.3, -0.25) is 0 Å². The van der Waals surface area contributed by atoms with E-state index in [-0.39, 0.29) is 0 Å². The van der Waals surface area contributed by atoms with Crippen LogP contribution in [0.15, 0.2) is 36.4 Å². The molecule has 2 aromatic heterocycles. The normalized spacial score (nSPS) is 14.2. The number of nitrogens with zero attached hydrogens (tertiary/aromatic N) is 3. The SMILES string of the molecule is COc1ccc(N2CCc3c([nH]c4ccccc34)C2)nn1. The van der Waals surface area contributed by atoms with Gasteiger partial charge in [0.1, 0.15) is 0 Å². The van der Waals surface area contributed by atoms with Crippen molar-refractivity contribution in [1.82, 2.24) is 15.2 Å². The van der Waals surface area contributed by atoms with Crippen LogP contribution in [0.25, 0.3) is 10.9 Å². The van der Waals surface area contributed by atoms with E-state index < -0.39 is 0 Å². The van der Waals surface area contributed by atoms with Gasteiger partial charge in [0.15, 0.2) is 5.82 Å². The van der Waals surface area contributed by atoms with Gasteiger partial charge >= 0.3 is 0 Å². The fourth-order valence-electron chi connectivity index (χ4n) is 2.98. The van der Waals surface area contributed by atoms with Crippen molar-refractivity contribution >= 4 is 16.7 Å². The predicted octanol–water partition coefficient (Wildman–Crippen LogP) is 2.53. The number of aromatic amines is 1. The summed E-state index contributed by atoms with van der Waals surface area (Å²) >= 11 is 0. The fourth-order valence-corrected chi connectivity index (χ4v) is 2.98. The summed E-state index contributed by atoms with van der Waals surface area (Å²) in [7, 11) is 1.60. The van der Waals surface area contributed by atoms with Gasteiger partial charge in [0, 0.05) is 29.2 Å². The highest BCUT2D eigenvalue weighted by Gasteiger charge is 2.21. The molecule has 1 aliphatic heterocycles. The molecule has 5 heteroatoms. The van der Waals surface area contributed by atoms with Crippen LogP contribution in [-0.4, -0.2) is 28.8 Å². The monoisotopic (exact) mass is 280 g/mol. The van der Waals surface area contributed by atoms with Gasteiger partial charge < -0.3 is 14.6 Å². The van der Waals surface area contributed by atoms with E-state index in [0.29, 0.717) is 5.88 Å². The first-order valence-corrected chi connectivity index (χ1v) is 7.06. The van der Waals surface area contributed by atoms with Crippen molar-refractivity contribution < 1.29 is 4.74 Å². The third-order valence-electron chi connectivity index (χ3n) is 4.04. The first-order valence-electron chi connectivity index (χ1n) is 7.06. The van der Waals surface area contributed by atoms with Crippen molar-refractivity contribution in [2.75, 3.05) is 18.6 Å². The summed E-state index contributed by atoms with van der Waals surface area (Å²) in [4.78, 5) is 5.76. The van der Waals surface area contributed by atoms with E-state index >= 15 is 0 Å². The first-order chi connectivity index (χ1) is 10.3. The second-order valence-corrected chi connectivity index (χ2v) is 5.23. The van der Waals surface area contributed by atoms with Crippen LogP contribution in [0.2, 0.25) is 0 Å². The van der Waals surface area contributed by atoms with Crippen LogP contribution >= 0.6 is 0 Å². The van der Waals surface area contributed by atoms with Gasteiger partial charge in [-0.25, -0.2) is 0 Å². The quantitative estimate of drug-likeness (QED) is 0.783. The molecule has 0 fully saturated rings. The summed E-state index contributed by atoms with van der Waals surface area (Å²) in [5, 5.41) is 9.62. The Morgan fingerprint density at radius 3 is 2.86 bits per heavy atom. The van der Waals surface area contributed by atoms with Gasteiger partial charge in [-0.15, -0.1) is 10.2 Å². The maximum Gasteiger partial charge on any atom is 0.233 e. The number of fused-ring (bicyclic) bond motifs is 3. The average molecular weight is 280 g/mol. The van der Waals surface area contributed by atoms with Crippen LogP contribution in [-0.2, 0) is 13.0 Å². The molecule has 0 spiro atoms. The van der Waals surface area contributed by atoms with Gasteiger partial charge in [0.25, 0.3) is 0 Å². The van der Waals surface area contributed by atoms with Crippen molar-refractivity contribution in [2.24, 2.45) is 0 Å². The lowest BCUT2D eigenvalue weighted by molar-refractivity contribution is 0.392. The maximum absolute atomic E-state index is 5.05. The Balaban J connectivity index is 1.66. The van der Waals surface area contributed by atoms with Crippen LogP contribution in [0.5, 0.6) is 5.88 Å². The largest absolute Gasteiger partial charge is 0.480 e. The van der Waals surface area contributed by atoms with Gasteiger partial charge in [-0.2, -0.15) is 0 Å². The number of ether oxygens (including phenoxy) is 1. The minimum absolute atomic E-state index is 0.544. The lowest BCUT2D eigenvalue weighted by Gasteiger charge is -2.27. The lowest BCUT2D eigenvalue weighted by atomic mass is 10.0. The third-order valence-corrected chi connectivity index (χ3v) is 4.04. The zero-order valence-electron chi connectivity index (χ0n) is 11.8. The summed E-state index contributed by atoms with van der Waals surface area (Å²) in [5.74, 6) is 1.43. The van der Waals surface area contributed by atoms with E-state index in [4.69, 9.17) is 4.74 Å². The second-order valence-electron chi connectivity index (χ2n) is 5.23. The van der Waals surface area contributed by atoms with Gasteiger partial charge in [-0.1, -0.05) is 18.2 Å². The lowest BCUT2D eigenvalue weighted by Crippen LogP contribution is -2.31. The molecule has 1 aromatic carbocycles. The van der Waals surface area contributed by atoms with Crippen molar-refractivity contribution in [3.8, 4) is 5.88 Å².